The van der Waals surface area contributed by atoms with Crippen molar-refractivity contribution in [2.24, 2.45) is 11.8 Å². The van der Waals surface area contributed by atoms with E-state index in [9.17, 15) is 4.79 Å². The summed E-state index contributed by atoms with van der Waals surface area (Å²) in [7, 11) is 0. The fourth-order valence-electron chi connectivity index (χ4n) is 2.59. The van der Waals surface area contributed by atoms with Crippen LogP contribution in [0.15, 0.2) is 22.8 Å². The third kappa shape index (κ3) is 3.80. The molecule has 100 valence electrons. The molecule has 1 saturated heterocycles. The van der Waals surface area contributed by atoms with Gasteiger partial charge < -0.3 is 9.32 Å². The molecule has 4 heteroatoms. The summed E-state index contributed by atoms with van der Waals surface area (Å²) < 4.78 is 5.25. The molecule has 1 aromatic rings. The molecule has 3 nitrogen and oxygen atoms in total. The molecule has 0 N–H and O–H groups in total. The van der Waals surface area contributed by atoms with E-state index in [0.717, 1.165) is 24.6 Å². The van der Waals surface area contributed by atoms with E-state index in [2.05, 4.69) is 13.8 Å². The van der Waals surface area contributed by atoms with Crippen LogP contribution in [-0.4, -0.2) is 29.6 Å². The highest BCUT2D eigenvalue weighted by atomic mass is 32.2. The summed E-state index contributed by atoms with van der Waals surface area (Å²) in [4.78, 5) is 14.1. The standard InChI is InChI=1S/C14H21NO2S/c1-11-6-12(2)8-15(7-11)14(16)10-18-9-13-4-3-5-17-13/h3-5,11-12H,6-10H2,1-2H3. The number of nitrogens with zero attached hydrogens (tertiary/aromatic N) is 1. The second-order valence-corrected chi connectivity index (χ2v) is 6.30. The predicted octanol–water partition coefficient (Wildman–Crippen LogP) is 3.02. The minimum absolute atomic E-state index is 0.268. The maximum atomic E-state index is 12.1. The lowest BCUT2D eigenvalue weighted by Gasteiger charge is -2.35. The van der Waals surface area contributed by atoms with Gasteiger partial charge in [0.1, 0.15) is 5.76 Å². The van der Waals surface area contributed by atoms with Crippen LogP contribution in [0.3, 0.4) is 0 Å². The van der Waals surface area contributed by atoms with Crippen LogP contribution in [0.4, 0.5) is 0 Å². The fourth-order valence-corrected chi connectivity index (χ4v) is 3.42. The van der Waals surface area contributed by atoms with Gasteiger partial charge in [0.25, 0.3) is 0 Å². The summed E-state index contributed by atoms with van der Waals surface area (Å²) in [6, 6.07) is 3.83. The van der Waals surface area contributed by atoms with Crippen LogP contribution < -0.4 is 0 Å². The summed E-state index contributed by atoms with van der Waals surface area (Å²) >= 11 is 1.63. The van der Waals surface area contributed by atoms with Gasteiger partial charge in [0.15, 0.2) is 0 Å². The van der Waals surface area contributed by atoms with E-state index in [1.54, 1.807) is 18.0 Å². The summed E-state index contributed by atoms with van der Waals surface area (Å²) in [6.45, 7) is 6.30. The van der Waals surface area contributed by atoms with Crippen LogP contribution in [0.25, 0.3) is 0 Å². The van der Waals surface area contributed by atoms with Crippen LogP contribution in [0.2, 0.25) is 0 Å². The van der Waals surface area contributed by atoms with Gasteiger partial charge in [-0.15, -0.1) is 11.8 Å². The highest BCUT2D eigenvalue weighted by molar-refractivity contribution is 7.99. The zero-order valence-electron chi connectivity index (χ0n) is 11.1. The number of piperidine rings is 1. The Balaban J connectivity index is 1.74. The largest absolute Gasteiger partial charge is 0.468 e. The zero-order valence-corrected chi connectivity index (χ0v) is 11.9. The molecule has 2 atom stereocenters. The Morgan fingerprint density at radius 1 is 1.44 bits per heavy atom. The Kier molecular flexibility index (Phi) is 4.75. The molecule has 2 heterocycles. The lowest BCUT2D eigenvalue weighted by Crippen LogP contribution is -2.43. The van der Waals surface area contributed by atoms with E-state index in [0.29, 0.717) is 17.6 Å². The first-order chi connectivity index (χ1) is 8.65. The van der Waals surface area contributed by atoms with Crippen molar-refractivity contribution in [3.63, 3.8) is 0 Å². The maximum absolute atomic E-state index is 12.1. The molecule has 0 spiro atoms. The van der Waals surface area contributed by atoms with Crippen LogP contribution in [0.1, 0.15) is 26.0 Å². The molecule has 1 aliphatic rings. The number of thioether (sulfide) groups is 1. The molecule has 0 aliphatic carbocycles. The van der Waals surface area contributed by atoms with Crippen molar-refractivity contribution in [1.82, 2.24) is 4.90 Å². The second-order valence-electron chi connectivity index (χ2n) is 5.32. The van der Waals surface area contributed by atoms with Crippen LogP contribution in [0, 0.1) is 11.8 Å². The fraction of sp³-hybridized carbons (Fsp3) is 0.643. The molecule has 2 unspecified atom stereocenters. The Morgan fingerprint density at radius 2 is 2.17 bits per heavy atom. The molecule has 2 rings (SSSR count). The summed E-state index contributed by atoms with van der Waals surface area (Å²) in [5.41, 5.74) is 0. The van der Waals surface area contributed by atoms with E-state index < -0.39 is 0 Å². The van der Waals surface area contributed by atoms with E-state index in [4.69, 9.17) is 4.42 Å². The number of carbonyl (C=O) groups excluding carboxylic acids is 1. The summed E-state index contributed by atoms with van der Waals surface area (Å²) in [5.74, 6) is 3.80. The van der Waals surface area contributed by atoms with Crippen LogP contribution in [0.5, 0.6) is 0 Å². The number of furan rings is 1. The van der Waals surface area contributed by atoms with Gasteiger partial charge in [0, 0.05) is 13.1 Å². The molecule has 0 aromatic carbocycles. The second kappa shape index (κ2) is 6.32. The van der Waals surface area contributed by atoms with Gasteiger partial charge in [0.2, 0.25) is 5.91 Å². The van der Waals surface area contributed by atoms with Crippen molar-refractivity contribution < 1.29 is 9.21 Å². The van der Waals surface area contributed by atoms with Crippen LogP contribution in [-0.2, 0) is 10.5 Å². The van der Waals surface area contributed by atoms with Crippen molar-refractivity contribution in [2.45, 2.75) is 26.0 Å². The minimum Gasteiger partial charge on any atom is -0.468 e. The molecule has 0 bridgehead atoms. The van der Waals surface area contributed by atoms with Crippen molar-refractivity contribution in [3.8, 4) is 0 Å². The molecular formula is C14H21NO2S. The topological polar surface area (TPSA) is 33.5 Å². The lowest BCUT2D eigenvalue weighted by molar-refractivity contribution is -0.130. The number of rotatable bonds is 4. The number of amides is 1. The molecule has 1 aromatic heterocycles. The van der Waals surface area contributed by atoms with Crippen molar-refractivity contribution >= 4 is 17.7 Å². The maximum Gasteiger partial charge on any atom is 0.232 e. The van der Waals surface area contributed by atoms with Crippen molar-refractivity contribution in [2.75, 3.05) is 18.8 Å². The number of hydrogen-bond acceptors (Lipinski definition) is 3. The van der Waals surface area contributed by atoms with E-state index in [1.807, 2.05) is 17.0 Å². The normalized spacial score (nSPS) is 24.2. The van der Waals surface area contributed by atoms with E-state index >= 15 is 0 Å². The van der Waals surface area contributed by atoms with Gasteiger partial charge in [-0.25, -0.2) is 0 Å². The SMILES string of the molecule is CC1CC(C)CN(C(=O)CSCc2ccco2)C1. The Morgan fingerprint density at radius 3 is 2.78 bits per heavy atom. The zero-order chi connectivity index (χ0) is 13.0. The average Bonchev–Trinajstić information content (AvgIpc) is 2.80. The highest BCUT2D eigenvalue weighted by Crippen LogP contribution is 2.22. The monoisotopic (exact) mass is 267 g/mol. The minimum atomic E-state index is 0.268. The Labute approximate surface area is 113 Å². The first-order valence-corrected chi connectivity index (χ1v) is 7.68. The van der Waals surface area contributed by atoms with E-state index in [1.165, 1.54) is 6.42 Å². The average molecular weight is 267 g/mol. The van der Waals surface area contributed by atoms with Gasteiger partial charge in [-0.1, -0.05) is 13.8 Å². The first kappa shape index (κ1) is 13.5. The molecular weight excluding hydrogens is 246 g/mol. The Bertz CT molecular complexity index is 367. The van der Waals surface area contributed by atoms with Crippen molar-refractivity contribution in [1.29, 1.82) is 0 Å². The van der Waals surface area contributed by atoms with Crippen LogP contribution >= 0.6 is 11.8 Å². The van der Waals surface area contributed by atoms with Gasteiger partial charge in [0.05, 0.1) is 17.8 Å². The predicted molar refractivity (Wildman–Crippen MR) is 74.4 cm³/mol. The van der Waals surface area contributed by atoms with Gasteiger partial charge in [-0.05, 0) is 30.4 Å². The lowest BCUT2D eigenvalue weighted by atomic mass is 9.92. The van der Waals surface area contributed by atoms with E-state index in [-0.39, 0.29) is 5.91 Å². The summed E-state index contributed by atoms with van der Waals surface area (Å²) in [5, 5.41) is 0. The number of likely N-dealkylation sites (tertiary alicyclic amines) is 1. The number of hydrogen-bond donors (Lipinski definition) is 0. The van der Waals surface area contributed by atoms with Gasteiger partial charge >= 0.3 is 0 Å². The quantitative estimate of drug-likeness (QED) is 0.841. The van der Waals surface area contributed by atoms with Gasteiger partial charge in [-0.2, -0.15) is 0 Å². The third-order valence-corrected chi connectivity index (χ3v) is 4.21. The molecule has 0 saturated carbocycles. The first-order valence-electron chi connectivity index (χ1n) is 6.53. The third-order valence-electron chi connectivity index (χ3n) is 3.27. The highest BCUT2D eigenvalue weighted by Gasteiger charge is 2.24. The number of carbonyl (C=O) groups is 1. The summed E-state index contributed by atoms with van der Waals surface area (Å²) in [6.07, 6.45) is 2.91. The smallest absolute Gasteiger partial charge is 0.232 e. The molecule has 0 radical (unpaired) electrons. The van der Waals surface area contributed by atoms with Crippen molar-refractivity contribution in [3.05, 3.63) is 24.2 Å². The molecule has 1 fully saturated rings. The Hall–Kier alpha value is -0.900. The molecule has 1 amide bonds. The molecule has 18 heavy (non-hydrogen) atoms. The molecule has 1 aliphatic heterocycles. The van der Waals surface area contributed by atoms with Gasteiger partial charge in [-0.3, -0.25) is 4.79 Å².